The summed E-state index contributed by atoms with van der Waals surface area (Å²) in [7, 11) is -3.62. The molecular formula is C17H17N3O4S3. The predicted octanol–water partition coefficient (Wildman–Crippen LogP) is 2.44. The summed E-state index contributed by atoms with van der Waals surface area (Å²) >= 11 is 2.53. The molecule has 0 bridgehead atoms. The van der Waals surface area contributed by atoms with Gasteiger partial charge in [0.15, 0.2) is 0 Å². The molecule has 2 aromatic rings. The Bertz CT molecular complexity index is 1030. The highest BCUT2D eigenvalue weighted by Crippen LogP contribution is 2.39. The van der Waals surface area contributed by atoms with Crippen molar-refractivity contribution < 1.29 is 17.9 Å². The number of carbonyl (C=O) groups is 1. The van der Waals surface area contributed by atoms with E-state index in [-0.39, 0.29) is 10.8 Å². The number of ether oxygens (including phenoxy) is 1. The molecule has 3 heterocycles. The van der Waals surface area contributed by atoms with Crippen molar-refractivity contribution in [2.75, 3.05) is 31.6 Å². The summed E-state index contributed by atoms with van der Waals surface area (Å²) in [6.07, 6.45) is 2.84. The van der Waals surface area contributed by atoms with Gasteiger partial charge in [-0.15, -0.1) is 22.7 Å². The number of aryl methyl sites for hydroxylation is 1. The summed E-state index contributed by atoms with van der Waals surface area (Å²) in [5.74, 6) is -0.389. The molecule has 10 heteroatoms. The summed E-state index contributed by atoms with van der Waals surface area (Å²) in [6, 6.07) is 3.59. The predicted molar refractivity (Wildman–Crippen MR) is 103 cm³/mol. The lowest BCUT2D eigenvalue weighted by Crippen LogP contribution is -2.40. The van der Waals surface area contributed by atoms with Crippen LogP contribution in [0.1, 0.15) is 32.1 Å². The summed E-state index contributed by atoms with van der Waals surface area (Å²) in [6.45, 7) is 1.37. The molecule has 7 nitrogen and oxygen atoms in total. The highest BCUT2D eigenvalue weighted by atomic mass is 32.2. The van der Waals surface area contributed by atoms with Crippen molar-refractivity contribution >= 4 is 43.6 Å². The van der Waals surface area contributed by atoms with Crippen molar-refractivity contribution in [3.63, 3.8) is 0 Å². The van der Waals surface area contributed by atoms with E-state index >= 15 is 0 Å². The lowest BCUT2D eigenvalue weighted by Gasteiger charge is -2.25. The van der Waals surface area contributed by atoms with Crippen molar-refractivity contribution in [3.8, 4) is 6.07 Å². The Morgan fingerprint density at radius 3 is 2.81 bits per heavy atom. The second-order valence-corrected chi connectivity index (χ2v) is 10.2. The van der Waals surface area contributed by atoms with Crippen LogP contribution < -0.4 is 5.32 Å². The van der Waals surface area contributed by atoms with Gasteiger partial charge in [-0.05, 0) is 30.9 Å². The summed E-state index contributed by atoms with van der Waals surface area (Å²) in [5.41, 5.74) is 1.58. The Morgan fingerprint density at radius 2 is 2.07 bits per heavy atom. The minimum absolute atomic E-state index is 0.119. The molecule has 1 aliphatic heterocycles. The quantitative estimate of drug-likeness (QED) is 0.814. The number of carbonyl (C=O) groups excluding carboxylic acids is 1. The van der Waals surface area contributed by atoms with E-state index in [0.29, 0.717) is 41.7 Å². The molecule has 2 aliphatic rings. The molecule has 0 spiro atoms. The number of anilines is 1. The molecule has 0 saturated carbocycles. The van der Waals surface area contributed by atoms with E-state index in [4.69, 9.17) is 4.74 Å². The number of nitrogens with one attached hydrogen (secondary N) is 1. The van der Waals surface area contributed by atoms with Crippen molar-refractivity contribution in [2.45, 2.75) is 24.2 Å². The SMILES string of the molecule is N#Cc1c(NC(=O)c2cc(S(=O)(=O)N3CCOCC3)cs2)sc2c1CCC2. The molecule has 1 saturated heterocycles. The minimum Gasteiger partial charge on any atom is -0.379 e. The monoisotopic (exact) mass is 423 g/mol. The number of thiophene rings is 2. The number of nitrogens with zero attached hydrogens (tertiary/aromatic N) is 2. The van der Waals surface area contributed by atoms with E-state index < -0.39 is 10.0 Å². The van der Waals surface area contributed by atoms with Crippen LogP contribution in [0.25, 0.3) is 0 Å². The van der Waals surface area contributed by atoms with Gasteiger partial charge in [0.05, 0.1) is 28.5 Å². The molecule has 0 unspecified atom stereocenters. The molecule has 1 N–H and O–H groups in total. The zero-order chi connectivity index (χ0) is 19.0. The Morgan fingerprint density at radius 1 is 1.30 bits per heavy atom. The van der Waals surface area contributed by atoms with E-state index in [1.165, 1.54) is 27.1 Å². The molecule has 27 heavy (non-hydrogen) atoms. The zero-order valence-electron chi connectivity index (χ0n) is 14.4. The largest absolute Gasteiger partial charge is 0.379 e. The van der Waals surface area contributed by atoms with Crippen molar-refractivity contribution in [2.24, 2.45) is 0 Å². The Labute approximate surface area is 165 Å². The van der Waals surface area contributed by atoms with E-state index in [2.05, 4.69) is 11.4 Å². The Balaban J connectivity index is 1.54. The Kier molecular flexibility index (Phi) is 5.05. The van der Waals surface area contributed by atoms with E-state index in [1.807, 2.05) is 0 Å². The van der Waals surface area contributed by atoms with Gasteiger partial charge in [-0.3, -0.25) is 4.79 Å². The van der Waals surface area contributed by atoms with Crippen LogP contribution in [0.4, 0.5) is 5.00 Å². The van der Waals surface area contributed by atoms with E-state index in [0.717, 1.165) is 41.0 Å². The summed E-state index contributed by atoms with van der Waals surface area (Å²) in [5, 5.41) is 14.3. The zero-order valence-corrected chi connectivity index (χ0v) is 16.8. The van der Waals surface area contributed by atoms with Gasteiger partial charge in [0.2, 0.25) is 10.0 Å². The molecule has 142 valence electrons. The maximum Gasteiger partial charge on any atom is 0.266 e. The summed E-state index contributed by atoms with van der Waals surface area (Å²) in [4.78, 5) is 14.2. The molecular weight excluding hydrogens is 406 g/mol. The first-order valence-electron chi connectivity index (χ1n) is 8.53. The lowest BCUT2D eigenvalue weighted by atomic mass is 10.1. The third-order valence-electron chi connectivity index (χ3n) is 4.67. The highest BCUT2D eigenvalue weighted by molar-refractivity contribution is 7.89. The normalized spacial score (nSPS) is 17.4. The van der Waals surface area contributed by atoms with Gasteiger partial charge in [0.1, 0.15) is 11.1 Å². The molecule has 0 aromatic carbocycles. The fourth-order valence-corrected chi connectivity index (χ4v) is 7.08. The van der Waals surface area contributed by atoms with Crippen LogP contribution in [0.3, 0.4) is 0 Å². The van der Waals surface area contributed by atoms with Crippen LogP contribution in [-0.4, -0.2) is 44.9 Å². The fraction of sp³-hybridized carbons (Fsp3) is 0.412. The van der Waals surface area contributed by atoms with Gasteiger partial charge in [0.25, 0.3) is 5.91 Å². The van der Waals surface area contributed by atoms with Crippen LogP contribution in [0, 0.1) is 11.3 Å². The van der Waals surface area contributed by atoms with Gasteiger partial charge in [-0.2, -0.15) is 9.57 Å². The van der Waals surface area contributed by atoms with Crippen LogP contribution >= 0.6 is 22.7 Å². The molecule has 0 radical (unpaired) electrons. The average Bonchev–Trinajstić information content (AvgIpc) is 3.38. The van der Waals surface area contributed by atoms with Crippen LogP contribution in [0.2, 0.25) is 0 Å². The van der Waals surface area contributed by atoms with Gasteiger partial charge in [-0.1, -0.05) is 0 Å². The maximum atomic E-state index is 12.7. The van der Waals surface area contributed by atoms with E-state index in [1.54, 1.807) is 0 Å². The smallest absolute Gasteiger partial charge is 0.266 e. The third-order valence-corrected chi connectivity index (χ3v) is 8.83. The first-order valence-corrected chi connectivity index (χ1v) is 11.7. The van der Waals surface area contributed by atoms with Gasteiger partial charge >= 0.3 is 0 Å². The molecule has 1 aliphatic carbocycles. The number of sulfonamides is 1. The standard InChI is InChI=1S/C17H17N3O4S3/c18-9-13-12-2-1-3-14(12)26-17(13)19-16(21)15-8-11(10-25-15)27(22,23)20-4-6-24-7-5-20/h8,10H,1-7H2,(H,19,21). The number of morpholine rings is 1. The first kappa shape index (κ1) is 18.6. The van der Waals surface area contributed by atoms with Crippen molar-refractivity contribution in [1.82, 2.24) is 4.31 Å². The molecule has 1 fully saturated rings. The Hall–Kier alpha value is -1.77. The third kappa shape index (κ3) is 3.41. The number of nitriles is 1. The average molecular weight is 424 g/mol. The topological polar surface area (TPSA) is 99.5 Å². The lowest BCUT2D eigenvalue weighted by molar-refractivity contribution is 0.0730. The van der Waals surface area contributed by atoms with E-state index in [9.17, 15) is 18.5 Å². The van der Waals surface area contributed by atoms with Crippen LogP contribution in [0.15, 0.2) is 16.3 Å². The number of hydrogen-bond donors (Lipinski definition) is 1. The number of amides is 1. The maximum absolute atomic E-state index is 12.7. The molecule has 1 amide bonds. The second kappa shape index (κ2) is 7.33. The summed E-state index contributed by atoms with van der Waals surface area (Å²) < 4.78 is 31.9. The first-order chi connectivity index (χ1) is 13.0. The minimum atomic E-state index is -3.62. The van der Waals surface area contributed by atoms with Crippen LogP contribution in [-0.2, 0) is 27.6 Å². The van der Waals surface area contributed by atoms with Gasteiger partial charge in [0, 0.05) is 23.3 Å². The van der Waals surface area contributed by atoms with Crippen molar-refractivity contribution in [3.05, 3.63) is 32.3 Å². The highest BCUT2D eigenvalue weighted by Gasteiger charge is 2.29. The number of rotatable bonds is 4. The van der Waals surface area contributed by atoms with Gasteiger partial charge < -0.3 is 10.1 Å². The number of hydrogen-bond acceptors (Lipinski definition) is 7. The fourth-order valence-electron chi connectivity index (χ4n) is 3.28. The molecule has 2 aromatic heterocycles. The van der Waals surface area contributed by atoms with Crippen LogP contribution in [0.5, 0.6) is 0 Å². The van der Waals surface area contributed by atoms with Gasteiger partial charge in [-0.25, -0.2) is 8.42 Å². The molecule has 0 atom stereocenters. The second-order valence-electron chi connectivity index (χ2n) is 6.29. The molecule has 4 rings (SSSR count). The van der Waals surface area contributed by atoms with Crippen molar-refractivity contribution in [1.29, 1.82) is 5.26 Å². The number of fused-ring (bicyclic) bond motifs is 1.